The van der Waals surface area contributed by atoms with Gasteiger partial charge in [0.1, 0.15) is 5.75 Å². The van der Waals surface area contributed by atoms with Crippen molar-refractivity contribution in [2.24, 2.45) is 10.8 Å². The van der Waals surface area contributed by atoms with Gasteiger partial charge in [-0.1, -0.05) is 25.3 Å². The molecule has 1 saturated carbocycles. The van der Waals surface area contributed by atoms with Gasteiger partial charge >= 0.3 is 0 Å². The molecule has 2 aliphatic heterocycles. The van der Waals surface area contributed by atoms with Gasteiger partial charge < -0.3 is 19.5 Å². The normalized spacial score (nSPS) is 20.7. The molecule has 3 fully saturated rings. The van der Waals surface area contributed by atoms with E-state index in [1.807, 2.05) is 38.1 Å². The second-order valence-corrected chi connectivity index (χ2v) is 17.6. The molecule has 1 aliphatic carbocycles. The fraction of sp³-hybridized carbons (Fsp3) is 0.579. The van der Waals surface area contributed by atoms with E-state index in [2.05, 4.69) is 32.5 Å². The van der Waals surface area contributed by atoms with Gasteiger partial charge in [-0.2, -0.15) is 0 Å². The van der Waals surface area contributed by atoms with Crippen molar-refractivity contribution >= 4 is 32.7 Å². The van der Waals surface area contributed by atoms with E-state index in [4.69, 9.17) is 4.74 Å². The molecule has 3 aromatic rings. The Balaban J connectivity index is 1.51. The minimum atomic E-state index is -3.82. The maximum atomic E-state index is 14.4. The fourth-order valence-corrected chi connectivity index (χ4v) is 8.87. The summed E-state index contributed by atoms with van der Waals surface area (Å²) in [4.78, 5) is 29.9. The number of amides is 2. The van der Waals surface area contributed by atoms with Crippen molar-refractivity contribution in [2.45, 2.75) is 97.3 Å². The lowest BCUT2D eigenvalue weighted by atomic mass is 9.81. The van der Waals surface area contributed by atoms with Gasteiger partial charge in [0.15, 0.2) is 0 Å². The molecule has 260 valence electrons. The fourth-order valence-electron chi connectivity index (χ4n) is 8.25. The second-order valence-electron chi connectivity index (χ2n) is 15.4. The molecule has 48 heavy (non-hydrogen) atoms. The standard InChI is InChI=1S/C38H52N4O5S/c1-25(2)48(45,46)40-35(43)28-12-14-31-32(21-28)42(23-37(4,5)36(44)41-19-17-38(24-41)16-18-39-22-38)34(33(31)27-10-8-7-9-11-27)30-15-13-29(47-6)20-26(30)3/h12-15,20-21,25,27,39H,7-11,16-19,22-24H2,1-6H3,(H,40,43). The SMILES string of the molecule is COc1ccc(-c2c(C3CCCCC3)c3ccc(C(=O)NS(=O)(=O)C(C)C)cc3n2CC(C)(C)C(=O)N2CCC3(CCNC3)C2)c(C)c1. The number of aryl methyl sites for hydroxylation is 1. The first kappa shape index (κ1) is 34.5. The minimum Gasteiger partial charge on any atom is -0.497 e. The van der Waals surface area contributed by atoms with Crippen molar-refractivity contribution in [1.82, 2.24) is 19.5 Å². The Hall–Kier alpha value is -3.37. The van der Waals surface area contributed by atoms with Gasteiger partial charge in [-0.15, -0.1) is 0 Å². The minimum absolute atomic E-state index is 0.140. The lowest BCUT2D eigenvalue weighted by Gasteiger charge is -2.32. The van der Waals surface area contributed by atoms with Gasteiger partial charge in [-0.3, -0.25) is 9.59 Å². The van der Waals surface area contributed by atoms with E-state index in [9.17, 15) is 18.0 Å². The highest BCUT2D eigenvalue weighted by molar-refractivity contribution is 7.90. The quantitative estimate of drug-likeness (QED) is 0.272. The summed E-state index contributed by atoms with van der Waals surface area (Å²) in [7, 11) is -2.15. The third kappa shape index (κ3) is 6.50. The maximum Gasteiger partial charge on any atom is 0.264 e. The van der Waals surface area contributed by atoms with Crippen molar-refractivity contribution in [3.8, 4) is 17.0 Å². The van der Waals surface area contributed by atoms with Crippen LogP contribution < -0.4 is 14.8 Å². The van der Waals surface area contributed by atoms with E-state index < -0.39 is 26.6 Å². The number of ether oxygens (including phenoxy) is 1. The maximum absolute atomic E-state index is 14.4. The largest absolute Gasteiger partial charge is 0.497 e. The molecule has 1 unspecified atom stereocenters. The van der Waals surface area contributed by atoms with Crippen LogP contribution in [0.15, 0.2) is 36.4 Å². The first-order valence-corrected chi connectivity index (χ1v) is 19.2. The number of likely N-dealkylation sites (tertiary alicyclic amines) is 1. The second kappa shape index (κ2) is 13.2. The van der Waals surface area contributed by atoms with Gasteiger partial charge in [0.05, 0.1) is 23.5 Å². The summed E-state index contributed by atoms with van der Waals surface area (Å²) in [5.74, 6) is 0.597. The van der Waals surface area contributed by atoms with Crippen LogP contribution in [-0.2, 0) is 21.4 Å². The Bertz CT molecular complexity index is 1810. The molecule has 0 bridgehead atoms. The lowest BCUT2D eigenvalue weighted by molar-refractivity contribution is -0.140. The van der Waals surface area contributed by atoms with E-state index in [0.29, 0.717) is 12.5 Å². The van der Waals surface area contributed by atoms with E-state index >= 15 is 0 Å². The number of nitrogens with one attached hydrogen (secondary N) is 2. The molecule has 1 atom stereocenters. The Morgan fingerprint density at radius 1 is 1.08 bits per heavy atom. The molecule has 10 heteroatoms. The Labute approximate surface area is 285 Å². The molecular formula is C38H52N4O5S. The number of rotatable bonds is 9. The van der Waals surface area contributed by atoms with Crippen LogP contribution in [0.2, 0.25) is 0 Å². The number of sulfonamides is 1. The van der Waals surface area contributed by atoms with E-state index in [1.54, 1.807) is 27.0 Å². The number of carbonyl (C=O) groups excluding carboxylic acids is 2. The molecular weight excluding hydrogens is 625 g/mol. The van der Waals surface area contributed by atoms with Crippen LogP contribution in [0, 0.1) is 17.8 Å². The first-order valence-electron chi connectivity index (χ1n) is 17.6. The Morgan fingerprint density at radius 2 is 1.83 bits per heavy atom. The van der Waals surface area contributed by atoms with E-state index in [0.717, 1.165) is 98.2 Å². The molecule has 3 aliphatic rings. The van der Waals surface area contributed by atoms with Crippen molar-refractivity contribution < 1.29 is 22.7 Å². The smallest absolute Gasteiger partial charge is 0.264 e. The van der Waals surface area contributed by atoms with Gasteiger partial charge in [0, 0.05) is 53.6 Å². The van der Waals surface area contributed by atoms with Crippen LogP contribution in [0.25, 0.3) is 22.2 Å². The molecule has 2 aromatic carbocycles. The van der Waals surface area contributed by atoms with Crippen LogP contribution >= 0.6 is 0 Å². The molecule has 2 amide bonds. The van der Waals surface area contributed by atoms with Crippen LogP contribution in [0.4, 0.5) is 0 Å². The number of nitrogens with zero attached hydrogens (tertiary/aromatic N) is 2. The van der Waals surface area contributed by atoms with Crippen molar-refractivity contribution in [3.05, 3.63) is 53.1 Å². The molecule has 0 radical (unpaired) electrons. The summed E-state index contributed by atoms with van der Waals surface area (Å²) in [6.07, 6.45) is 7.79. The average Bonchev–Trinajstić information content (AvgIpc) is 3.78. The van der Waals surface area contributed by atoms with Gasteiger partial charge in [0.2, 0.25) is 15.9 Å². The summed E-state index contributed by atoms with van der Waals surface area (Å²) >= 11 is 0. The van der Waals surface area contributed by atoms with Crippen LogP contribution in [0.1, 0.15) is 100 Å². The van der Waals surface area contributed by atoms with Crippen molar-refractivity contribution in [1.29, 1.82) is 0 Å². The highest BCUT2D eigenvalue weighted by Gasteiger charge is 2.45. The molecule has 2 N–H and O–H groups in total. The molecule has 9 nitrogen and oxygen atoms in total. The molecule has 6 rings (SSSR count). The molecule has 1 aromatic heterocycles. The summed E-state index contributed by atoms with van der Waals surface area (Å²) in [5, 5.41) is 3.81. The van der Waals surface area contributed by atoms with Crippen molar-refractivity contribution in [2.75, 3.05) is 33.3 Å². The summed E-state index contributed by atoms with van der Waals surface area (Å²) < 4.78 is 35.4. The number of methoxy groups -OCH3 is 1. The third-order valence-corrected chi connectivity index (χ3v) is 12.8. The molecule has 3 heterocycles. The van der Waals surface area contributed by atoms with Crippen LogP contribution in [0.5, 0.6) is 5.75 Å². The third-order valence-electron chi connectivity index (χ3n) is 11.1. The summed E-state index contributed by atoms with van der Waals surface area (Å²) in [6.45, 7) is 13.2. The van der Waals surface area contributed by atoms with Crippen LogP contribution in [0.3, 0.4) is 0 Å². The number of hydrogen-bond donors (Lipinski definition) is 2. The Kier molecular flexibility index (Phi) is 9.45. The average molecular weight is 677 g/mol. The zero-order valence-electron chi connectivity index (χ0n) is 29.4. The zero-order chi connectivity index (χ0) is 34.4. The lowest BCUT2D eigenvalue weighted by Crippen LogP contribution is -2.43. The van der Waals surface area contributed by atoms with Gasteiger partial charge in [-0.05, 0) is 114 Å². The number of hydrogen-bond acceptors (Lipinski definition) is 6. The van der Waals surface area contributed by atoms with Gasteiger partial charge in [-0.25, -0.2) is 13.1 Å². The number of carbonyl (C=O) groups is 2. The summed E-state index contributed by atoms with van der Waals surface area (Å²) in [5.41, 5.74) is 5.00. The first-order chi connectivity index (χ1) is 22.7. The van der Waals surface area contributed by atoms with E-state index in [-0.39, 0.29) is 16.9 Å². The highest BCUT2D eigenvalue weighted by atomic mass is 32.2. The number of fused-ring (bicyclic) bond motifs is 1. The topological polar surface area (TPSA) is 110 Å². The number of benzene rings is 2. The van der Waals surface area contributed by atoms with E-state index in [1.165, 1.54) is 12.0 Å². The van der Waals surface area contributed by atoms with Gasteiger partial charge in [0.25, 0.3) is 5.91 Å². The molecule has 1 spiro atoms. The summed E-state index contributed by atoms with van der Waals surface area (Å²) in [6, 6.07) is 11.7. The highest BCUT2D eigenvalue weighted by Crippen LogP contribution is 2.47. The van der Waals surface area contributed by atoms with Crippen molar-refractivity contribution in [3.63, 3.8) is 0 Å². The monoisotopic (exact) mass is 676 g/mol. The predicted octanol–water partition coefficient (Wildman–Crippen LogP) is 6.38. The van der Waals surface area contributed by atoms with Crippen LogP contribution in [-0.4, -0.2) is 68.2 Å². The number of aromatic nitrogens is 1. The Morgan fingerprint density at radius 3 is 2.48 bits per heavy atom. The predicted molar refractivity (Wildman–Crippen MR) is 191 cm³/mol. The molecule has 2 saturated heterocycles. The zero-order valence-corrected chi connectivity index (χ0v) is 30.3.